The highest BCUT2D eigenvalue weighted by atomic mass is 16.3. The third-order valence-corrected chi connectivity index (χ3v) is 14.7. The summed E-state index contributed by atoms with van der Waals surface area (Å²) in [6, 6.07) is 54.5. The average Bonchev–Trinajstić information content (AvgIpc) is 3.72. The second kappa shape index (κ2) is 11.8. The zero-order chi connectivity index (χ0) is 39.1. The molecule has 0 amide bonds. The van der Waals surface area contributed by atoms with E-state index in [1.807, 2.05) is 0 Å². The lowest BCUT2D eigenvalue weighted by molar-refractivity contribution is 0.195. The van der Waals surface area contributed by atoms with Crippen LogP contribution in [0.2, 0.25) is 0 Å². The van der Waals surface area contributed by atoms with Crippen molar-refractivity contribution in [3.8, 4) is 33.4 Å². The van der Waals surface area contributed by atoms with Gasteiger partial charge < -0.3 is 14.1 Å². The summed E-state index contributed by atoms with van der Waals surface area (Å²) in [5, 5.41) is 2.38. The summed E-state index contributed by atoms with van der Waals surface area (Å²) in [6.07, 6.45) is 4.85. The molecule has 4 heteroatoms. The predicted molar refractivity (Wildman–Crippen MR) is 245 cm³/mol. The van der Waals surface area contributed by atoms with E-state index in [9.17, 15) is 0 Å². The Morgan fingerprint density at radius 2 is 1.28 bits per heavy atom. The molecular weight excluding hydrogens is 703 g/mol. The summed E-state index contributed by atoms with van der Waals surface area (Å²) in [5.74, 6) is 0. The van der Waals surface area contributed by atoms with E-state index in [0.717, 1.165) is 17.6 Å². The van der Waals surface area contributed by atoms with Gasteiger partial charge in [-0.15, -0.1) is 0 Å². The van der Waals surface area contributed by atoms with Crippen molar-refractivity contribution in [2.75, 3.05) is 9.71 Å². The predicted octanol–water partition coefficient (Wildman–Crippen LogP) is 13.2. The molecule has 4 aliphatic rings. The summed E-state index contributed by atoms with van der Waals surface area (Å²) >= 11 is 0. The van der Waals surface area contributed by atoms with Crippen LogP contribution in [0.4, 0.5) is 22.7 Å². The summed E-state index contributed by atoms with van der Waals surface area (Å²) in [5.41, 5.74) is 20.0. The van der Waals surface area contributed by atoms with Gasteiger partial charge in [0, 0.05) is 50.1 Å². The van der Waals surface area contributed by atoms with Gasteiger partial charge in [-0.1, -0.05) is 156 Å². The van der Waals surface area contributed by atoms with E-state index in [1.54, 1.807) is 0 Å². The minimum absolute atomic E-state index is 0.000115. The lowest BCUT2D eigenvalue weighted by Gasteiger charge is -2.53. The number of benzene rings is 7. The SMILES string of the molecule is CC(C)(C)c1cc2c3c(c1)C1(C)CCCCC1(C)N3c1cc3c(oc4ccccc43)c3c1B2N(c1ccc(-c2ccccc2)cc1)c1cc(-c2ccccc2)ccc1-3. The van der Waals surface area contributed by atoms with Crippen molar-refractivity contribution in [1.82, 2.24) is 0 Å². The van der Waals surface area contributed by atoms with Gasteiger partial charge in [-0.2, -0.15) is 0 Å². The third-order valence-electron chi connectivity index (χ3n) is 14.7. The highest BCUT2D eigenvalue weighted by Gasteiger charge is 2.62. The van der Waals surface area contributed by atoms with Crippen molar-refractivity contribution >= 4 is 62.5 Å². The van der Waals surface area contributed by atoms with Crippen molar-refractivity contribution in [1.29, 1.82) is 0 Å². The molecule has 1 aromatic heterocycles. The summed E-state index contributed by atoms with van der Waals surface area (Å²) in [7, 11) is 0. The van der Waals surface area contributed by atoms with Gasteiger partial charge in [0.25, 0.3) is 0 Å². The second-order valence-electron chi connectivity index (χ2n) is 18.8. The van der Waals surface area contributed by atoms with E-state index >= 15 is 0 Å². The van der Waals surface area contributed by atoms with Crippen LogP contribution in [0, 0.1) is 0 Å². The van der Waals surface area contributed by atoms with Crippen molar-refractivity contribution in [3.63, 3.8) is 0 Å². The molecule has 4 heterocycles. The van der Waals surface area contributed by atoms with Gasteiger partial charge in [0.05, 0.1) is 5.54 Å². The van der Waals surface area contributed by atoms with E-state index in [4.69, 9.17) is 4.42 Å². The fourth-order valence-electron chi connectivity index (χ4n) is 11.5. The molecule has 0 N–H and O–H groups in total. The Labute approximate surface area is 342 Å². The van der Waals surface area contributed by atoms with Crippen molar-refractivity contribution in [2.45, 2.75) is 76.7 Å². The Morgan fingerprint density at radius 3 is 2.02 bits per heavy atom. The third kappa shape index (κ3) is 4.46. The maximum atomic E-state index is 7.06. The quantitative estimate of drug-likeness (QED) is 0.168. The van der Waals surface area contributed by atoms with Gasteiger partial charge in [-0.05, 0) is 99.8 Å². The van der Waals surface area contributed by atoms with E-state index in [0.29, 0.717) is 0 Å². The highest BCUT2D eigenvalue weighted by Crippen LogP contribution is 2.63. The molecule has 1 fully saturated rings. The Morgan fingerprint density at radius 1 is 0.621 bits per heavy atom. The van der Waals surface area contributed by atoms with Crippen LogP contribution in [0.3, 0.4) is 0 Å². The first kappa shape index (κ1) is 34.1. The number of anilines is 4. The van der Waals surface area contributed by atoms with Gasteiger partial charge in [0.15, 0.2) is 0 Å². The van der Waals surface area contributed by atoms with E-state index < -0.39 is 0 Å². The standard InChI is InChI=1S/C54H47BN2O/c1-52(2,3)38-31-43-50-44(32-38)55-49-46(56(50)54(5)29-15-14-28-53(43,54)4)33-42-40-20-12-13-21-47(40)58-51(42)48(49)41-27-24-37(35-18-10-7-11-19-35)30-45(41)57(55)39-25-22-36(23-26-39)34-16-8-6-9-17-34/h6-13,16-27,30-33H,14-15,28-29H2,1-5H3. The monoisotopic (exact) mass is 750 g/mol. The summed E-state index contributed by atoms with van der Waals surface area (Å²) in [6.45, 7) is 12.3. The van der Waals surface area contributed by atoms with Crippen LogP contribution in [0.5, 0.6) is 0 Å². The molecule has 12 rings (SSSR count). The molecular formula is C54H47BN2O. The summed E-state index contributed by atoms with van der Waals surface area (Å²) < 4.78 is 7.06. The zero-order valence-corrected chi connectivity index (χ0v) is 34.1. The van der Waals surface area contributed by atoms with Crippen molar-refractivity contribution < 1.29 is 4.42 Å². The van der Waals surface area contributed by atoms with E-state index in [-0.39, 0.29) is 23.2 Å². The molecule has 58 heavy (non-hydrogen) atoms. The normalized spacial score (nSPS) is 20.3. The average molecular weight is 751 g/mol. The summed E-state index contributed by atoms with van der Waals surface area (Å²) in [4.78, 5) is 5.53. The van der Waals surface area contributed by atoms with Gasteiger partial charge in [0.1, 0.15) is 11.2 Å². The molecule has 0 bridgehead atoms. The first-order chi connectivity index (χ1) is 28.1. The molecule has 2 unspecified atom stereocenters. The number of fused-ring (bicyclic) bond motifs is 11. The Bertz CT molecular complexity index is 2980. The molecule has 7 aromatic carbocycles. The molecule has 0 saturated heterocycles. The maximum absolute atomic E-state index is 7.06. The molecule has 3 aliphatic heterocycles. The molecule has 3 nitrogen and oxygen atoms in total. The topological polar surface area (TPSA) is 19.6 Å². The molecule has 282 valence electrons. The Kier molecular flexibility index (Phi) is 6.93. The van der Waals surface area contributed by atoms with Crippen LogP contribution in [0.15, 0.2) is 150 Å². The van der Waals surface area contributed by atoms with Crippen LogP contribution in [-0.4, -0.2) is 12.4 Å². The van der Waals surface area contributed by atoms with Crippen molar-refractivity contribution in [2.24, 2.45) is 0 Å². The molecule has 8 aromatic rings. The highest BCUT2D eigenvalue weighted by molar-refractivity contribution is 6.94. The number of nitrogens with zero attached hydrogens (tertiary/aromatic N) is 2. The number of furan rings is 1. The minimum atomic E-state index is -0.0802. The number of hydrogen-bond donors (Lipinski definition) is 0. The molecule has 2 atom stereocenters. The van der Waals surface area contributed by atoms with Crippen LogP contribution >= 0.6 is 0 Å². The van der Waals surface area contributed by atoms with E-state index in [1.165, 1.54) is 108 Å². The number of rotatable bonds is 3. The second-order valence-corrected chi connectivity index (χ2v) is 18.8. The van der Waals surface area contributed by atoms with E-state index in [2.05, 4.69) is 190 Å². The largest absolute Gasteiger partial charge is 0.455 e. The van der Waals surface area contributed by atoms with Crippen molar-refractivity contribution in [3.05, 3.63) is 157 Å². The van der Waals surface area contributed by atoms with Crippen LogP contribution in [-0.2, 0) is 10.8 Å². The fraction of sp³-hybridized carbons (Fsp3) is 0.222. The van der Waals surface area contributed by atoms with Crippen LogP contribution in [0.1, 0.15) is 71.4 Å². The van der Waals surface area contributed by atoms with Gasteiger partial charge in [-0.3, -0.25) is 0 Å². The Hall–Kier alpha value is -6.00. The zero-order valence-electron chi connectivity index (χ0n) is 34.1. The van der Waals surface area contributed by atoms with Gasteiger partial charge >= 0.3 is 6.85 Å². The van der Waals surface area contributed by atoms with Crippen LogP contribution in [0.25, 0.3) is 55.3 Å². The lowest BCUT2D eigenvalue weighted by Crippen LogP contribution is -2.64. The number of hydrogen-bond acceptors (Lipinski definition) is 3. The lowest BCUT2D eigenvalue weighted by atomic mass is 9.43. The molecule has 0 spiro atoms. The van der Waals surface area contributed by atoms with Gasteiger partial charge in [0.2, 0.25) is 0 Å². The fourth-order valence-corrected chi connectivity index (χ4v) is 11.5. The smallest absolute Gasteiger partial charge is 0.333 e. The molecule has 1 aliphatic carbocycles. The minimum Gasteiger partial charge on any atom is -0.455 e. The molecule has 1 saturated carbocycles. The Balaban J connectivity index is 1.24. The number of para-hydroxylation sites is 1. The molecule has 0 radical (unpaired) electrons. The first-order valence-electron chi connectivity index (χ1n) is 21.3. The maximum Gasteiger partial charge on any atom is 0.333 e. The first-order valence-corrected chi connectivity index (χ1v) is 21.3. The van der Waals surface area contributed by atoms with Crippen LogP contribution < -0.4 is 20.6 Å². The van der Waals surface area contributed by atoms with Gasteiger partial charge in [-0.25, -0.2) is 0 Å².